The van der Waals surface area contributed by atoms with E-state index in [0.29, 0.717) is 5.92 Å². The molecule has 1 aliphatic heterocycles. The molecule has 1 aliphatic rings. The van der Waals surface area contributed by atoms with Crippen LogP contribution in [0.15, 0.2) is 0 Å². The predicted octanol–water partition coefficient (Wildman–Crippen LogP) is -3.35. The second kappa shape index (κ2) is 7.78. The molecule has 0 spiro atoms. The summed E-state index contributed by atoms with van der Waals surface area (Å²) in [6.45, 7) is 3.83. The van der Waals surface area contributed by atoms with Crippen molar-refractivity contribution in [1.29, 1.82) is 0 Å². The molecule has 0 aromatic carbocycles. The molecule has 1 heterocycles. The SMILES string of the molecule is COB([O-])ON1CCCC(C)C1.[K+]. The van der Waals surface area contributed by atoms with Gasteiger partial charge in [-0.25, -0.2) is 5.06 Å². The largest absolute Gasteiger partial charge is 1.00 e. The van der Waals surface area contributed by atoms with Crippen molar-refractivity contribution in [2.75, 3.05) is 20.2 Å². The van der Waals surface area contributed by atoms with Gasteiger partial charge in [0.25, 0.3) is 0 Å². The molecule has 1 fully saturated rings. The van der Waals surface area contributed by atoms with Gasteiger partial charge < -0.3 is 14.4 Å². The zero-order valence-corrected chi connectivity index (χ0v) is 11.8. The van der Waals surface area contributed by atoms with E-state index in [2.05, 4.69) is 11.6 Å². The Labute approximate surface area is 123 Å². The van der Waals surface area contributed by atoms with Crippen molar-refractivity contribution < 1.29 is 65.8 Å². The van der Waals surface area contributed by atoms with Gasteiger partial charge in [-0.15, -0.1) is 0 Å². The van der Waals surface area contributed by atoms with Gasteiger partial charge in [0, 0.05) is 20.2 Å². The van der Waals surface area contributed by atoms with E-state index in [-0.39, 0.29) is 51.4 Å². The number of hydrogen-bond acceptors (Lipinski definition) is 4. The van der Waals surface area contributed by atoms with E-state index in [1.807, 2.05) is 0 Å². The van der Waals surface area contributed by atoms with Gasteiger partial charge in [0.1, 0.15) is 0 Å². The summed E-state index contributed by atoms with van der Waals surface area (Å²) in [7, 11) is -0.0132. The maximum Gasteiger partial charge on any atom is 1.00 e. The molecule has 1 atom stereocenters. The maximum absolute atomic E-state index is 10.8. The van der Waals surface area contributed by atoms with Crippen molar-refractivity contribution in [3.63, 3.8) is 0 Å². The van der Waals surface area contributed by atoms with Gasteiger partial charge in [0.15, 0.2) is 0 Å². The molecule has 0 aromatic heterocycles. The zero-order valence-electron chi connectivity index (χ0n) is 8.66. The van der Waals surface area contributed by atoms with Crippen LogP contribution in [-0.4, -0.2) is 32.6 Å². The van der Waals surface area contributed by atoms with Crippen molar-refractivity contribution >= 4 is 7.32 Å². The topological polar surface area (TPSA) is 44.8 Å². The van der Waals surface area contributed by atoms with Crippen LogP contribution >= 0.6 is 0 Å². The molecule has 70 valence electrons. The van der Waals surface area contributed by atoms with Crippen LogP contribution in [0.3, 0.4) is 0 Å². The molecular weight excluding hydrogens is 196 g/mol. The molecule has 1 unspecified atom stereocenters. The van der Waals surface area contributed by atoms with Gasteiger partial charge in [-0.2, -0.15) is 0 Å². The van der Waals surface area contributed by atoms with E-state index in [4.69, 9.17) is 4.76 Å². The molecular formula is C7H15BKNO3. The minimum absolute atomic E-state index is 0. The molecule has 1 saturated heterocycles. The number of hydrogen-bond donors (Lipinski definition) is 0. The summed E-state index contributed by atoms with van der Waals surface area (Å²) in [4.78, 5) is 0. The Morgan fingerprint density at radius 3 is 2.77 bits per heavy atom. The van der Waals surface area contributed by atoms with Gasteiger partial charge in [0.2, 0.25) is 0 Å². The van der Waals surface area contributed by atoms with E-state index in [0.717, 1.165) is 19.5 Å². The van der Waals surface area contributed by atoms with Crippen LogP contribution in [0.25, 0.3) is 0 Å². The molecule has 0 saturated carbocycles. The van der Waals surface area contributed by atoms with E-state index < -0.39 is 7.32 Å². The van der Waals surface area contributed by atoms with Gasteiger partial charge in [-0.1, -0.05) is 6.92 Å². The Hall–Kier alpha value is 1.54. The zero-order chi connectivity index (χ0) is 8.97. The summed E-state index contributed by atoms with van der Waals surface area (Å²) in [5, 5.41) is 12.5. The van der Waals surface area contributed by atoms with Gasteiger partial charge in [0.05, 0.1) is 0 Å². The van der Waals surface area contributed by atoms with Crippen LogP contribution in [0, 0.1) is 5.92 Å². The first-order valence-electron chi connectivity index (χ1n) is 4.32. The second-order valence-corrected chi connectivity index (χ2v) is 3.27. The monoisotopic (exact) mass is 211 g/mol. The van der Waals surface area contributed by atoms with Crippen molar-refractivity contribution in [2.24, 2.45) is 5.92 Å². The summed E-state index contributed by atoms with van der Waals surface area (Å²) in [5.41, 5.74) is 0. The third-order valence-electron chi connectivity index (χ3n) is 2.05. The first-order valence-corrected chi connectivity index (χ1v) is 4.32. The third kappa shape index (κ3) is 5.86. The molecule has 0 radical (unpaired) electrons. The van der Waals surface area contributed by atoms with Crippen molar-refractivity contribution in [3.8, 4) is 0 Å². The van der Waals surface area contributed by atoms with Crippen LogP contribution in [0.1, 0.15) is 19.8 Å². The molecule has 0 N–H and O–H groups in total. The fourth-order valence-corrected chi connectivity index (χ4v) is 1.41. The number of nitrogens with zero attached hydrogens (tertiary/aromatic N) is 1. The molecule has 0 bridgehead atoms. The number of rotatable bonds is 3. The Morgan fingerprint density at radius 2 is 2.23 bits per heavy atom. The summed E-state index contributed by atoms with van der Waals surface area (Å²) in [5.74, 6) is 0.614. The Balaban J connectivity index is 0.00000144. The maximum atomic E-state index is 10.8. The van der Waals surface area contributed by atoms with Crippen LogP contribution in [0.5, 0.6) is 0 Å². The van der Waals surface area contributed by atoms with E-state index in [1.54, 1.807) is 5.06 Å². The van der Waals surface area contributed by atoms with E-state index in [9.17, 15) is 5.02 Å². The summed E-state index contributed by atoms with van der Waals surface area (Å²) >= 11 is 0. The summed E-state index contributed by atoms with van der Waals surface area (Å²) in [6.07, 6.45) is 2.31. The normalized spacial score (nSPS) is 23.8. The van der Waals surface area contributed by atoms with Crippen molar-refractivity contribution in [2.45, 2.75) is 19.8 Å². The van der Waals surface area contributed by atoms with Gasteiger partial charge in [-0.05, 0) is 18.8 Å². The van der Waals surface area contributed by atoms with E-state index >= 15 is 0 Å². The predicted molar refractivity (Wildman–Crippen MR) is 43.8 cm³/mol. The van der Waals surface area contributed by atoms with Crippen molar-refractivity contribution in [1.82, 2.24) is 5.06 Å². The summed E-state index contributed by atoms with van der Waals surface area (Å²) in [6, 6.07) is 0. The standard InChI is InChI=1S/C7H15BNO3.K/c1-7-4-3-5-9(6-7)12-8(10)11-2;/h7H,3-6H2,1-2H3;/q-1;+1. The van der Waals surface area contributed by atoms with Crippen molar-refractivity contribution in [3.05, 3.63) is 0 Å². The van der Waals surface area contributed by atoms with E-state index in [1.165, 1.54) is 13.5 Å². The molecule has 4 nitrogen and oxygen atoms in total. The molecule has 6 heteroatoms. The molecule has 0 aromatic rings. The average molecular weight is 211 g/mol. The minimum atomic E-state index is -1.37. The van der Waals surface area contributed by atoms with Crippen LogP contribution in [0.2, 0.25) is 0 Å². The van der Waals surface area contributed by atoms with Gasteiger partial charge in [-0.3, -0.25) is 0 Å². The van der Waals surface area contributed by atoms with Crippen LogP contribution in [-0.2, 0) is 9.41 Å². The Morgan fingerprint density at radius 1 is 1.54 bits per heavy atom. The van der Waals surface area contributed by atoms with Crippen LogP contribution in [0.4, 0.5) is 0 Å². The second-order valence-electron chi connectivity index (χ2n) is 3.27. The fourth-order valence-electron chi connectivity index (χ4n) is 1.41. The van der Waals surface area contributed by atoms with Crippen LogP contribution < -0.4 is 56.4 Å². The first kappa shape index (κ1) is 14.5. The first-order chi connectivity index (χ1) is 5.72. The number of hydroxylamine groups is 2. The fraction of sp³-hybridized carbons (Fsp3) is 1.00. The Kier molecular flexibility index (Phi) is 8.71. The quantitative estimate of drug-likeness (QED) is 0.457. The summed E-state index contributed by atoms with van der Waals surface area (Å²) < 4.78 is 9.44. The van der Waals surface area contributed by atoms with Gasteiger partial charge >= 0.3 is 58.7 Å². The molecule has 0 aliphatic carbocycles. The molecule has 1 rings (SSSR count). The third-order valence-corrected chi connectivity index (χ3v) is 2.05. The smallest absolute Gasteiger partial charge is 0.831 e. The average Bonchev–Trinajstić information content (AvgIpc) is 2.04. The Bertz CT molecular complexity index is 141. The number of piperidine rings is 1. The minimum Gasteiger partial charge on any atom is -0.831 e. The molecule has 0 amide bonds. The molecule has 13 heavy (non-hydrogen) atoms.